The molecule has 0 aliphatic carbocycles. The maximum Gasteiger partial charge on any atom is 0.407 e. The number of piperidine rings is 1. The van der Waals surface area contributed by atoms with Crippen LogP contribution in [0.3, 0.4) is 0 Å². The van der Waals surface area contributed by atoms with Gasteiger partial charge in [0.15, 0.2) is 0 Å². The number of hydrogen-bond donors (Lipinski definition) is 2. The van der Waals surface area contributed by atoms with E-state index in [-0.39, 0.29) is 22.1 Å². The van der Waals surface area contributed by atoms with Gasteiger partial charge in [-0.05, 0) is 93.8 Å². The van der Waals surface area contributed by atoms with Crippen molar-refractivity contribution in [2.75, 3.05) is 55.6 Å². The van der Waals surface area contributed by atoms with Crippen LogP contribution in [0.25, 0.3) is 0 Å². The van der Waals surface area contributed by atoms with Crippen molar-refractivity contribution in [1.29, 1.82) is 0 Å². The molecule has 14 heteroatoms. The van der Waals surface area contributed by atoms with Crippen LogP contribution in [0, 0.1) is 17.8 Å². The smallest absolute Gasteiger partial charge is 0.407 e. The van der Waals surface area contributed by atoms with E-state index in [0.717, 1.165) is 48.5 Å². The minimum absolute atomic E-state index is 0.163. The number of anilines is 2. The highest BCUT2D eigenvalue weighted by Gasteiger charge is 2.31. The lowest BCUT2D eigenvalue weighted by Gasteiger charge is -2.39. The van der Waals surface area contributed by atoms with Crippen LogP contribution < -0.4 is 14.9 Å². The summed E-state index contributed by atoms with van der Waals surface area (Å²) in [5, 5.41) is 5.61. The molecular formula is C34H51N5O7S2. The van der Waals surface area contributed by atoms with E-state index in [1.807, 2.05) is 20.8 Å². The fraction of sp³-hybridized carbons (Fsp3) is 0.588. The van der Waals surface area contributed by atoms with Crippen molar-refractivity contribution in [1.82, 2.24) is 14.5 Å². The molecule has 0 bridgehead atoms. The summed E-state index contributed by atoms with van der Waals surface area (Å²) in [5.74, 6) is 0.864. The van der Waals surface area contributed by atoms with Crippen molar-refractivity contribution in [3.8, 4) is 0 Å². The van der Waals surface area contributed by atoms with Crippen LogP contribution >= 0.6 is 0 Å². The van der Waals surface area contributed by atoms with Crippen molar-refractivity contribution >= 4 is 43.4 Å². The molecule has 2 fully saturated rings. The van der Waals surface area contributed by atoms with Crippen LogP contribution in [0.2, 0.25) is 0 Å². The highest BCUT2D eigenvalue weighted by Crippen LogP contribution is 2.30. The Kier molecular flexibility index (Phi) is 11.9. The molecule has 2 aliphatic rings. The monoisotopic (exact) mass is 705 g/mol. The number of rotatable bonds is 12. The Bertz CT molecular complexity index is 1660. The predicted molar refractivity (Wildman–Crippen MR) is 188 cm³/mol. The molecule has 2 heterocycles. The summed E-state index contributed by atoms with van der Waals surface area (Å²) in [6.07, 6.45) is 3.41. The molecule has 12 nitrogen and oxygen atoms in total. The van der Waals surface area contributed by atoms with Gasteiger partial charge in [0, 0.05) is 57.9 Å². The zero-order chi connectivity index (χ0) is 35.4. The number of nitrogens with zero attached hydrogens (tertiary/aromatic N) is 3. The van der Waals surface area contributed by atoms with Crippen LogP contribution in [0.1, 0.15) is 69.8 Å². The van der Waals surface area contributed by atoms with Gasteiger partial charge in [0.1, 0.15) is 5.60 Å². The summed E-state index contributed by atoms with van der Waals surface area (Å²) >= 11 is 0. The molecule has 0 saturated carbocycles. The third kappa shape index (κ3) is 10.2. The third-order valence-corrected chi connectivity index (χ3v) is 11.7. The second kappa shape index (κ2) is 15.1. The molecule has 0 spiro atoms. The minimum atomic E-state index is -3.66. The zero-order valence-corrected chi connectivity index (χ0v) is 30.8. The quantitative estimate of drug-likeness (QED) is 0.322. The molecule has 0 radical (unpaired) electrons. The first-order chi connectivity index (χ1) is 22.3. The van der Waals surface area contributed by atoms with Crippen molar-refractivity contribution < 1.29 is 31.2 Å². The van der Waals surface area contributed by atoms with Gasteiger partial charge in [-0.1, -0.05) is 19.9 Å². The van der Waals surface area contributed by atoms with Gasteiger partial charge in [-0.25, -0.2) is 21.6 Å². The molecular weight excluding hydrogens is 655 g/mol. The van der Waals surface area contributed by atoms with Crippen LogP contribution in [0.4, 0.5) is 16.2 Å². The highest BCUT2D eigenvalue weighted by molar-refractivity contribution is 7.92. The first-order valence-corrected chi connectivity index (χ1v) is 19.8. The van der Waals surface area contributed by atoms with Gasteiger partial charge in [-0.2, -0.15) is 4.31 Å². The summed E-state index contributed by atoms with van der Waals surface area (Å²) in [5.41, 5.74) is 1.04. The number of benzene rings is 2. The molecule has 2 N–H and O–H groups in total. The van der Waals surface area contributed by atoms with Gasteiger partial charge < -0.3 is 15.4 Å². The molecule has 2 aromatic carbocycles. The molecule has 2 aromatic rings. The van der Waals surface area contributed by atoms with Crippen LogP contribution in [-0.4, -0.2) is 89.7 Å². The average molecular weight is 706 g/mol. The number of likely N-dealkylation sites (tertiary alicyclic amines) is 1. The topological polar surface area (TPSA) is 145 Å². The summed E-state index contributed by atoms with van der Waals surface area (Å²) in [7, 11) is -5.93. The maximum absolute atomic E-state index is 13.6. The first-order valence-electron chi connectivity index (χ1n) is 16.5. The minimum Gasteiger partial charge on any atom is -0.444 e. The van der Waals surface area contributed by atoms with Gasteiger partial charge in [0.25, 0.3) is 5.91 Å². The van der Waals surface area contributed by atoms with E-state index < -0.39 is 37.6 Å². The van der Waals surface area contributed by atoms with E-state index in [1.54, 1.807) is 30.3 Å². The Hall–Kier alpha value is -3.20. The molecule has 0 atom stereocenters. The van der Waals surface area contributed by atoms with E-state index in [4.69, 9.17) is 4.74 Å². The fourth-order valence-corrected chi connectivity index (χ4v) is 8.15. The number of nitrogens with one attached hydrogen (secondary N) is 2. The van der Waals surface area contributed by atoms with Crippen LogP contribution in [0.15, 0.2) is 47.4 Å². The Balaban J connectivity index is 1.41. The van der Waals surface area contributed by atoms with E-state index in [9.17, 15) is 26.4 Å². The molecule has 4 rings (SSSR count). The van der Waals surface area contributed by atoms with Gasteiger partial charge >= 0.3 is 6.09 Å². The molecule has 0 unspecified atom stereocenters. The van der Waals surface area contributed by atoms with Crippen molar-refractivity contribution in [2.24, 2.45) is 17.8 Å². The molecule has 2 saturated heterocycles. The van der Waals surface area contributed by atoms with Crippen molar-refractivity contribution in [3.63, 3.8) is 0 Å². The Labute approximate surface area is 286 Å². The number of hydrogen-bond acceptors (Lipinski definition) is 8. The van der Waals surface area contributed by atoms with E-state index >= 15 is 0 Å². The predicted octanol–water partition coefficient (Wildman–Crippen LogP) is 4.74. The lowest BCUT2D eigenvalue weighted by molar-refractivity contribution is 0.0456. The average Bonchev–Trinajstić information content (AvgIpc) is 2.96. The highest BCUT2D eigenvalue weighted by atomic mass is 32.2. The number of carbonyl (C=O) groups excluding carboxylic acids is 2. The molecule has 2 amide bonds. The number of ether oxygens (including phenoxy) is 1. The van der Waals surface area contributed by atoms with Crippen LogP contribution in [0.5, 0.6) is 0 Å². The zero-order valence-electron chi connectivity index (χ0n) is 29.2. The standard InChI is InChI=1S/C34H51N5O7S2/c1-24(2)18-25-14-16-39(17-15-25)48(44,45)29-11-9-28(10-12-29)36-32(40)30-19-26(8-13-31(30)37(6)47(7,42)43)21-38-22-27(23-38)20-35-33(41)46-34(3,4)5/h8-13,19,24-25,27H,14-18,20-23H2,1-7H3,(H,35,41)(H,36,40). The molecule has 48 heavy (non-hydrogen) atoms. The largest absolute Gasteiger partial charge is 0.444 e. The summed E-state index contributed by atoms with van der Waals surface area (Å²) in [4.78, 5) is 27.9. The third-order valence-electron chi connectivity index (χ3n) is 8.64. The Morgan fingerprint density at radius 2 is 1.60 bits per heavy atom. The van der Waals surface area contributed by atoms with Gasteiger partial charge in [0.05, 0.1) is 22.4 Å². The number of alkyl carbamates (subject to hydrolysis) is 1. The summed E-state index contributed by atoms with van der Waals surface area (Å²) in [6, 6.07) is 11.2. The lowest BCUT2D eigenvalue weighted by Crippen LogP contribution is -2.51. The van der Waals surface area contributed by atoms with E-state index in [1.165, 1.54) is 23.5 Å². The van der Waals surface area contributed by atoms with Crippen molar-refractivity contribution in [3.05, 3.63) is 53.6 Å². The first kappa shape index (κ1) is 37.6. The second-order valence-corrected chi connectivity index (χ2v) is 18.4. The normalized spacial score (nSPS) is 17.2. The number of sulfonamides is 2. The molecule has 0 aromatic heterocycles. The number of amides is 2. The van der Waals surface area contributed by atoms with E-state index in [0.29, 0.717) is 43.7 Å². The lowest BCUT2D eigenvalue weighted by atomic mass is 9.89. The van der Waals surface area contributed by atoms with Crippen LogP contribution in [-0.2, 0) is 31.3 Å². The van der Waals surface area contributed by atoms with Crippen molar-refractivity contribution in [2.45, 2.75) is 70.9 Å². The Morgan fingerprint density at radius 3 is 2.17 bits per heavy atom. The molecule has 266 valence electrons. The maximum atomic E-state index is 13.6. The number of carbonyl (C=O) groups is 2. The fourth-order valence-electron chi connectivity index (χ4n) is 6.16. The summed E-state index contributed by atoms with van der Waals surface area (Å²) in [6.45, 7) is 13.3. The van der Waals surface area contributed by atoms with Gasteiger partial charge in [-0.15, -0.1) is 0 Å². The van der Waals surface area contributed by atoms with Gasteiger partial charge in [0.2, 0.25) is 20.0 Å². The van der Waals surface area contributed by atoms with E-state index in [2.05, 4.69) is 29.4 Å². The Morgan fingerprint density at radius 1 is 0.979 bits per heavy atom. The second-order valence-electron chi connectivity index (χ2n) is 14.5. The SMILES string of the molecule is CC(C)CC1CCN(S(=O)(=O)c2ccc(NC(=O)c3cc(CN4CC(CNC(=O)OC(C)(C)C)C4)ccc3N(C)S(C)(=O)=O)cc2)CC1. The summed E-state index contributed by atoms with van der Waals surface area (Å²) < 4.78 is 59.4. The molecule has 2 aliphatic heterocycles. The van der Waals surface area contributed by atoms with Gasteiger partial charge in [-0.3, -0.25) is 14.0 Å².